The molecule has 0 spiro atoms. The Morgan fingerprint density at radius 2 is 1.88 bits per heavy atom. The van der Waals surface area contributed by atoms with Gasteiger partial charge in [-0.2, -0.15) is 0 Å². The third kappa shape index (κ3) is 3.61. The summed E-state index contributed by atoms with van der Waals surface area (Å²) >= 11 is 20.3. The van der Waals surface area contributed by atoms with Crippen LogP contribution in [0.1, 0.15) is 0 Å². The van der Waals surface area contributed by atoms with Crippen molar-refractivity contribution in [2.45, 2.75) is 9.92 Å². The van der Waals surface area contributed by atoms with E-state index >= 15 is 0 Å². The molecular weight excluding hydrogens is 409 g/mol. The number of pyridine rings is 1. The van der Waals surface area contributed by atoms with E-state index < -0.39 is 0 Å². The molecule has 2 rings (SSSR count). The smallest absolute Gasteiger partial charge is 0.115 e. The topological polar surface area (TPSA) is 12.9 Å². The monoisotopic (exact) mass is 411 g/mol. The van der Waals surface area contributed by atoms with Crippen molar-refractivity contribution >= 4 is 66.8 Å². The minimum absolute atomic E-state index is 0.658. The van der Waals surface area contributed by atoms with Gasteiger partial charge in [-0.25, -0.2) is 4.98 Å². The zero-order chi connectivity index (χ0) is 12.4. The summed E-state index contributed by atoms with van der Waals surface area (Å²) in [4.78, 5) is 5.20. The number of halogens is 4. The molecule has 1 heterocycles. The fourth-order valence-electron chi connectivity index (χ4n) is 1.14. The van der Waals surface area contributed by atoms with Crippen molar-refractivity contribution in [2.75, 3.05) is 0 Å². The van der Waals surface area contributed by atoms with Gasteiger partial charge in [-0.05, 0) is 56.1 Å². The molecule has 0 amide bonds. The van der Waals surface area contributed by atoms with Gasteiger partial charge in [0.1, 0.15) is 5.03 Å². The van der Waals surface area contributed by atoms with Crippen molar-refractivity contribution in [1.29, 1.82) is 0 Å². The van der Waals surface area contributed by atoms with E-state index in [1.165, 1.54) is 11.8 Å². The highest BCUT2D eigenvalue weighted by Gasteiger charge is 2.08. The molecule has 0 aliphatic carbocycles. The molecule has 0 fully saturated rings. The van der Waals surface area contributed by atoms with Crippen molar-refractivity contribution in [3.05, 3.63) is 49.5 Å². The van der Waals surface area contributed by atoms with E-state index in [-0.39, 0.29) is 0 Å². The fourth-order valence-corrected chi connectivity index (χ4v) is 3.66. The summed E-state index contributed by atoms with van der Waals surface area (Å²) in [5, 5.41) is 2.17. The Labute approximate surface area is 130 Å². The molecule has 2 aromatic rings. The van der Waals surface area contributed by atoms with Crippen LogP contribution in [0.2, 0.25) is 10.0 Å². The number of hydrogen-bond acceptors (Lipinski definition) is 2. The van der Waals surface area contributed by atoms with Crippen LogP contribution in [0.3, 0.4) is 0 Å². The standard InChI is InChI=1S/C11H5Br2Cl2NS/c12-6-3-8(13)11(16-5-6)17-10-4-7(14)1-2-9(10)15/h1-5H. The van der Waals surface area contributed by atoms with E-state index in [1.54, 1.807) is 18.3 Å². The Morgan fingerprint density at radius 3 is 2.59 bits per heavy atom. The lowest BCUT2D eigenvalue weighted by Crippen LogP contribution is -1.83. The zero-order valence-corrected chi connectivity index (χ0v) is 13.8. The third-order valence-corrected chi connectivity index (χ3v) is 4.93. The summed E-state index contributed by atoms with van der Waals surface area (Å²) in [6, 6.07) is 7.30. The second kappa shape index (κ2) is 5.93. The molecule has 0 aliphatic heterocycles. The van der Waals surface area contributed by atoms with E-state index in [9.17, 15) is 0 Å². The van der Waals surface area contributed by atoms with Crippen molar-refractivity contribution in [2.24, 2.45) is 0 Å². The molecule has 1 aromatic carbocycles. The van der Waals surface area contributed by atoms with Gasteiger partial charge in [0.15, 0.2) is 0 Å². The van der Waals surface area contributed by atoms with Crippen LogP contribution < -0.4 is 0 Å². The summed E-state index contributed by atoms with van der Waals surface area (Å²) in [6.45, 7) is 0. The maximum absolute atomic E-state index is 6.10. The van der Waals surface area contributed by atoms with E-state index in [0.29, 0.717) is 10.0 Å². The lowest BCUT2D eigenvalue weighted by Gasteiger charge is -2.06. The van der Waals surface area contributed by atoms with Crippen molar-refractivity contribution < 1.29 is 0 Å². The molecule has 0 saturated heterocycles. The fraction of sp³-hybridized carbons (Fsp3) is 0. The number of benzene rings is 1. The van der Waals surface area contributed by atoms with Crippen LogP contribution in [0, 0.1) is 0 Å². The van der Waals surface area contributed by atoms with Gasteiger partial charge in [-0.3, -0.25) is 0 Å². The molecule has 88 valence electrons. The molecular formula is C11H5Br2Cl2NS. The lowest BCUT2D eigenvalue weighted by molar-refractivity contribution is 1.10. The average molecular weight is 414 g/mol. The van der Waals surface area contributed by atoms with Crippen LogP contribution in [0.15, 0.2) is 49.3 Å². The summed E-state index contributed by atoms with van der Waals surface area (Å²) in [7, 11) is 0. The normalized spacial score (nSPS) is 10.6. The van der Waals surface area contributed by atoms with Crippen LogP contribution in [0.25, 0.3) is 0 Å². The third-order valence-electron chi connectivity index (χ3n) is 1.87. The second-order valence-electron chi connectivity index (χ2n) is 3.12. The van der Waals surface area contributed by atoms with Crippen molar-refractivity contribution in [1.82, 2.24) is 4.98 Å². The summed E-state index contributed by atoms with van der Waals surface area (Å²) < 4.78 is 1.83. The zero-order valence-electron chi connectivity index (χ0n) is 8.25. The van der Waals surface area contributed by atoms with Gasteiger partial charge in [0, 0.05) is 20.6 Å². The largest absolute Gasteiger partial charge is 0.247 e. The van der Waals surface area contributed by atoms with E-state index in [1.807, 2.05) is 12.1 Å². The highest BCUT2D eigenvalue weighted by molar-refractivity contribution is 9.11. The number of hydrogen-bond donors (Lipinski definition) is 0. The summed E-state index contributed by atoms with van der Waals surface area (Å²) in [5.41, 5.74) is 0. The van der Waals surface area contributed by atoms with Gasteiger partial charge in [-0.15, -0.1) is 0 Å². The Bertz CT molecular complexity index is 563. The Kier molecular flexibility index (Phi) is 4.78. The lowest BCUT2D eigenvalue weighted by atomic mass is 10.4. The van der Waals surface area contributed by atoms with Gasteiger partial charge < -0.3 is 0 Å². The first-order valence-corrected chi connectivity index (χ1v) is 7.66. The molecule has 1 nitrogen and oxygen atoms in total. The molecule has 0 bridgehead atoms. The van der Waals surface area contributed by atoms with Crippen LogP contribution in [-0.2, 0) is 0 Å². The first-order chi connectivity index (χ1) is 8.06. The quantitative estimate of drug-likeness (QED) is 0.593. The van der Waals surface area contributed by atoms with Crippen LogP contribution >= 0.6 is 66.8 Å². The number of rotatable bonds is 2. The molecule has 17 heavy (non-hydrogen) atoms. The molecule has 0 atom stereocenters. The highest BCUT2D eigenvalue weighted by atomic mass is 79.9. The van der Waals surface area contributed by atoms with Crippen LogP contribution in [0.4, 0.5) is 0 Å². The molecule has 0 radical (unpaired) electrons. The first-order valence-electron chi connectivity index (χ1n) is 4.50. The van der Waals surface area contributed by atoms with Gasteiger partial charge in [0.25, 0.3) is 0 Å². The SMILES string of the molecule is Clc1ccc(Cl)c(Sc2ncc(Br)cc2Br)c1. The number of nitrogens with zero attached hydrogens (tertiary/aromatic N) is 1. The predicted molar refractivity (Wildman–Crippen MR) is 80.2 cm³/mol. The van der Waals surface area contributed by atoms with Crippen molar-refractivity contribution in [3.63, 3.8) is 0 Å². The molecule has 6 heteroatoms. The number of aromatic nitrogens is 1. The summed E-state index contributed by atoms with van der Waals surface area (Å²) in [6.07, 6.45) is 1.74. The molecule has 0 N–H and O–H groups in total. The predicted octanol–water partition coefficient (Wildman–Crippen LogP) is 6.06. The van der Waals surface area contributed by atoms with Gasteiger partial charge >= 0.3 is 0 Å². The molecule has 0 aliphatic rings. The summed E-state index contributed by atoms with van der Waals surface area (Å²) in [5.74, 6) is 0. The van der Waals surface area contributed by atoms with E-state index in [4.69, 9.17) is 23.2 Å². The van der Waals surface area contributed by atoms with Gasteiger partial charge in [0.2, 0.25) is 0 Å². The van der Waals surface area contributed by atoms with Crippen molar-refractivity contribution in [3.8, 4) is 0 Å². The van der Waals surface area contributed by atoms with Gasteiger partial charge in [-0.1, -0.05) is 35.0 Å². The second-order valence-corrected chi connectivity index (χ2v) is 6.76. The van der Waals surface area contributed by atoms with Crippen LogP contribution in [-0.4, -0.2) is 4.98 Å². The minimum atomic E-state index is 0.658. The minimum Gasteiger partial charge on any atom is -0.247 e. The highest BCUT2D eigenvalue weighted by Crippen LogP contribution is 2.37. The van der Waals surface area contributed by atoms with E-state index in [2.05, 4.69) is 36.8 Å². The van der Waals surface area contributed by atoms with Crippen LogP contribution in [0.5, 0.6) is 0 Å². The van der Waals surface area contributed by atoms with Gasteiger partial charge in [0.05, 0.1) is 9.50 Å². The molecule has 0 unspecified atom stereocenters. The molecule has 1 aromatic heterocycles. The Balaban J connectivity index is 2.34. The maximum atomic E-state index is 6.10. The molecule has 0 saturated carbocycles. The Morgan fingerprint density at radius 1 is 1.12 bits per heavy atom. The van der Waals surface area contributed by atoms with E-state index in [0.717, 1.165) is 18.9 Å². The first kappa shape index (κ1) is 13.7. The average Bonchev–Trinajstić information content (AvgIpc) is 2.27. The maximum Gasteiger partial charge on any atom is 0.115 e. The Hall–Kier alpha value is 0.260.